The van der Waals surface area contributed by atoms with Crippen LogP contribution in [0.3, 0.4) is 0 Å². The third-order valence-corrected chi connectivity index (χ3v) is 6.60. The minimum absolute atomic E-state index is 0.0537. The molecule has 1 fully saturated rings. The maximum Gasteiger partial charge on any atom is 0.254 e. The molecule has 2 amide bonds. The Hall–Kier alpha value is -3.61. The number of anilines is 2. The first-order chi connectivity index (χ1) is 15.5. The molecule has 164 valence electrons. The average molecular weight is 430 g/mol. The molecule has 3 aromatic rings. The van der Waals surface area contributed by atoms with Crippen molar-refractivity contribution in [3.05, 3.63) is 77.6 Å². The monoisotopic (exact) mass is 429 g/mol. The fraction of sp³-hybridized carbons (Fsp3) is 0.320. The highest BCUT2D eigenvalue weighted by molar-refractivity contribution is 6.08. The van der Waals surface area contributed by atoms with Gasteiger partial charge in [-0.25, -0.2) is 0 Å². The molecule has 2 unspecified atom stereocenters. The number of nitrogens with one attached hydrogen (secondary N) is 2. The molecular weight excluding hydrogens is 402 g/mol. The second kappa shape index (κ2) is 7.82. The number of likely N-dealkylation sites (tertiary alicyclic amines) is 1. The van der Waals surface area contributed by atoms with Crippen molar-refractivity contribution in [1.29, 1.82) is 0 Å². The highest BCUT2D eigenvalue weighted by Crippen LogP contribution is 2.54. The molecule has 2 aromatic carbocycles. The van der Waals surface area contributed by atoms with E-state index in [0.717, 1.165) is 35.5 Å². The van der Waals surface area contributed by atoms with Crippen LogP contribution in [0.25, 0.3) is 0 Å². The molecule has 1 saturated heterocycles. The van der Waals surface area contributed by atoms with Gasteiger partial charge in [-0.3, -0.25) is 14.3 Å². The van der Waals surface area contributed by atoms with Gasteiger partial charge in [0.2, 0.25) is 5.91 Å². The molecule has 7 nitrogen and oxygen atoms in total. The number of amides is 2. The van der Waals surface area contributed by atoms with Gasteiger partial charge in [0.05, 0.1) is 12.2 Å². The maximum absolute atomic E-state index is 13.7. The lowest BCUT2D eigenvalue weighted by molar-refractivity contribution is -0.121. The zero-order valence-electron chi connectivity index (χ0n) is 18.3. The Labute approximate surface area is 187 Å². The zero-order valence-corrected chi connectivity index (χ0v) is 18.3. The molecule has 0 radical (unpaired) electrons. The van der Waals surface area contributed by atoms with Crippen LogP contribution in [0.5, 0.6) is 0 Å². The summed E-state index contributed by atoms with van der Waals surface area (Å²) >= 11 is 0. The first-order valence-electron chi connectivity index (χ1n) is 11.1. The van der Waals surface area contributed by atoms with E-state index in [1.165, 1.54) is 0 Å². The van der Waals surface area contributed by atoms with Crippen molar-refractivity contribution in [2.24, 2.45) is 7.05 Å². The number of hydrogen-bond donors (Lipinski definition) is 2. The molecule has 0 bridgehead atoms. The lowest BCUT2D eigenvalue weighted by atomic mass is 9.73. The van der Waals surface area contributed by atoms with E-state index < -0.39 is 11.5 Å². The Morgan fingerprint density at radius 2 is 2.00 bits per heavy atom. The standard InChI is InChI=1S/C25H27N5O2/c1-3-13-26-19-10-8-17(9-11-19)23(31)30-14-12-25(22(30)18-15-27-29(2)16-18)20-6-4-5-7-21(20)28-24(25)32/h4-11,15-16,22,26H,3,12-14H2,1-2H3,(H,28,32). The van der Waals surface area contributed by atoms with Crippen molar-refractivity contribution in [1.82, 2.24) is 14.7 Å². The number of aryl methyl sites for hydroxylation is 1. The van der Waals surface area contributed by atoms with Crippen LogP contribution in [0.2, 0.25) is 0 Å². The van der Waals surface area contributed by atoms with E-state index in [2.05, 4.69) is 22.7 Å². The van der Waals surface area contributed by atoms with Gasteiger partial charge < -0.3 is 15.5 Å². The normalized spacial score (nSPS) is 21.6. The van der Waals surface area contributed by atoms with Crippen molar-refractivity contribution >= 4 is 23.2 Å². The predicted octanol–water partition coefficient (Wildman–Crippen LogP) is 3.72. The minimum Gasteiger partial charge on any atom is -0.385 e. The molecule has 0 aliphatic carbocycles. The van der Waals surface area contributed by atoms with Gasteiger partial charge >= 0.3 is 0 Å². The van der Waals surface area contributed by atoms with Crippen molar-refractivity contribution in [3.8, 4) is 0 Å². The summed E-state index contributed by atoms with van der Waals surface area (Å²) in [5.41, 5.74) is 3.43. The number of aromatic nitrogens is 2. The first kappa shape index (κ1) is 20.3. The molecule has 2 N–H and O–H groups in total. The number of carbonyl (C=O) groups excluding carboxylic acids is 2. The molecule has 1 aromatic heterocycles. The van der Waals surface area contributed by atoms with Gasteiger partial charge in [-0.1, -0.05) is 25.1 Å². The predicted molar refractivity (Wildman–Crippen MR) is 124 cm³/mol. The fourth-order valence-corrected chi connectivity index (χ4v) is 5.12. The van der Waals surface area contributed by atoms with E-state index in [-0.39, 0.29) is 11.8 Å². The van der Waals surface area contributed by atoms with Crippen molar-refractivity contribution in [2.75, 3.05) is 23.7 Å². The lowest BCUT2D eigenvalue weighted by Crippen LogP contribution is -2.42. The van der Waals surface area contributed by atoms with Crippen molar-refractivity contribution in [3.63, 3.8) is 0 Å². The van der Waals surface area contributed by atoms with Gasteiger partial charge in [-0.05, 0) is 48.7 Å². The fourth-order valence-electron chi connectivity index (χ4n) is 5.12. The molecule has 5 rings (SSSR count). The van der Waals surface area contributed by atoms with E-state index in [1.807, 2.05) is 66.7 Å². The summed E-state index contributed by atoms with van der Waals surface area (Å²) in [4.78, 5) is 28.9. The number of carbonyl (C=O) groups is 2. The van der Waals surface area contributed by atoms with Gasteiger partial charge in [-0.2, -0.15) is 5.10 Å². The van der Waals surface area contributed by atoms with Crippen LogP contribution in [-0.4, -0.2) is 39.6 Å². The Kier molecular flexibility index (Phi) is 4.96. The third-order valence-electron chi connectivity index (χ3n) is 6.60. The molecule has 3 heterocycles. The maximum atomic E-state index is 13.7. The van der Waals surface area contributed by atoms with E-state index in [0.29, 0.717) is 18.5 Å². The summed E-state index contributed by atoms with van der Waals surface area (Å²) in [7, 11) is 1.85. The number of hydrogen-bond acceptors (Lipinski definition) is 4. The second-order valence-corrected chi connectivity index (χ2v) is 8.57. The first-order valence-corrected chi connectivity index (χ1v) is 11.1. The summed E-state index contributed by atoms with van der Waals surface area (Å²) < 4.78 is 1.72. The zero-order chi connectivity index (χ0) is 22.3. The molecule has 1 spiro atoms. The van der Waals surface area contributed by atoms with Crippen molar-refractivity contribution in [2.45, 2.75) is 31.2 Å². The van der Waals surface area contributed by atoms with Gasteiger partial charge in [0, 0.05) is 48.8 Å². The molecular formula is C25H27N5O2. The van der Waals surface area contributed by atoms with Crippen LogP contribution >= 0.6 is 0 Å². The van der Waals surface area contributed by atoms with Gasteiger partial charge in [0.1, 0.15) is 5.41 Å². The Bertz CT molecular complexity index is 1170. The van der Waals surface area contributed by atoms with Crippen LogP contribution in [-0.2, 0) is 17.3 Å². The number of para-hydroxylation sites is 1. The van der Waals surface area contributed by atoms with E-state index in [4.69, 9.17) is 0 Å². The summed E-state index contributed by atoms with van der Waals surface area (Å²) in [6, 6.07) is 15.0. The number of benzene rings is 2. The second-order valence-electron chi connectivity index (χ2n) is 8.57. The summed E-state index contributed by atoms with van der Waals surface area (Å²) in [6.07, 6.45) is 5.28. The van der Waals surface area contributed by atoms with Crippen LogP contribution in [0.4, 0.5) is 11.4 Å². The molecule has 32 heavy (non-hydrogen) atoms. The number of nitrogens with zero attached hydrogens (tertiary/aromatic N) is 3. The van der Waals surface area contributed by atoms with E-state index in [9.17, 15) is 9.59 Å². The summed E-state index contributed by atoms with van der Waals surface area (Å²) in [5, 5.41) is 10.7. The Morgan fingerprint density at radius 1 is 1.22 bits per heavy atom. The van der Waals surface area contributed by atoms with Crippen LogP contribution in [0.1, 0.15) is 47.3 Å². The van der Waals surface area contributed by atoms with Gasteiger partial charge in [0.15, 0.2) is 0 Å². The largest absolute Gasteiger partial charge is 0.385 e. The SMILES string of the molecule is CCCNc1ccc(C(=O)N2CCC3(C(=O)Nc4ccccc43)C2c2cnn(C)c2)cc1. The number of fused-ring (bicyclic) bond motifs is 2. The van der Waals surface area contributed by atoms with Crippen molar-refractivity contribution < 1.29 is 9.59 Å². The van der Waals surface area contributed by atoms with E-state index in [1.54, 1.807) is 10.9 Å². The minimum atomic E-state index is -0.822. The molecule has 2 aliphatic rings. The quantitative estimate of drug-likeness (QED) is 0.648. The third kappa shape index (κ3) is 3.07. The molecule has 0 saturated carbocycles. The van der Waals surface area contributed by atoms with Crippen LogP contribution < -0.4 is 10.6 Å². The van der Waals surface area contributed by atoms with E-state index >= 15 is 0 Å². The van der Waals surface area contributed by atoms with Gasteiger partial charge in [0.25, 0.3) is 5.91 Å². The summed E-state index contributed by atoms with van der Waals surface area (Å²) in [6.45, 7) is 3.50. The Morgan fingerprint density at radius 3 is 2.72 bits per heavy atom. The molecule has 2 atom stereocenters. The smallest absolute Gasteiger partial charge is 0.254 e. The molecule has 2 aliphatic heterocycles. The summed E-state index contributed by atoms with van der Waals surface area (Å²) in [5.74, 6) is -0.128. The highest BCUT2D eigenvalue weighted by Gasteiger charge is 2.59. The van der Waals surface area contributed by atoms with Crippen LogP contribution in [0, 0.1) is 0 Å². The van der Waals surface area contributed by atoms with Crippen LogP contribution in [0.15, 0.2) is 60.9 Å². The van der Waals surface area contributed by atoms with Gasteiger partial charge in [-0.15, -0.1) is 0 Å². The average Bonchev–Trinajstić information content (AvgIpc) is 3.49. The molecule has 7 heteroatoms. The Balaban J connectivity index is 1.55. The number of rotatable bonds is 5. The topological polar surface area (TPSA) is 79.3 Å². The lowest BCUT2D eigenvalue weighted by Gasteiger charge is -2.33. The highest BCUT2D eigenvalue weighted by atomic mass is 16.2.